The predicted molar refractivity (Wildman–Crippen MR) is 121 cm³/mol. The maximum Gasteiger partial charge on any atom is 0.251 e. The molecule has 3 rings (SSSR count). The highest BCUT2D eigenvalue weighted by atomic mass is 32.2. The Hall–Kier alpha value is -3.33. The van der Waals surface area contributed by atoms with Crippen molar-refractivity contribution >= 4 is 15.7 Å². The molecule has 9 heteroatoms. The van der Waals surface area contributed by atoms with Crippen molar-refractivity contribution in [3.8, 4) is 11.5 Å². The van der Waals surface area contributed by atoms with Gasteiger partial charge < -0.3 is 19.2 Å². The van der Waals surface area contributed by atoms with E-state index in [9.17, 15) is 17.6 Å². The molecule has 0 saturated heterocycles. The summed E-state index contributed by atoms with van der Waals surface area (Å²) in [6, 6.07) is 11.4. The van der Waals surface area contributed by atoms with Gasteiger partial charge in [0, 0.05) is 12.1 Å². The van der Waals surface area contributed by atoms with Gasteiger partial charge in [-0.05, 0) is 74.9 Å². The van der Waals surface area contributed by atoms with Crippen molar-refractivity contribution in [3.63, 3.8) is 0 Å². The number of rotatable bonds is 10. The van der Waals surface area contributed by atoms with Gasteiger partial charge in [-0.3, -0.25) is 4.79 Å². The third-order valence-corrected chi connectivity index (χ3v) is 7.01. The average Bonchev–Trinajstić information content (AvgIpc) is 3.31. The summed E-state index contributed by atoms with van der Waals surface area (Å²) < 4.78 is 56.7. The Labute approximate surface area is 192 Å². The number of carbonyl (C=O) groups is 1. The Bertz CT molecular complexity index is 1210. The number of nitrogens with one attached hydrogen (secondary N) is 1. The van der Waals surface area contributed by atoms with E-state index in [1.165, 1.54) is 31.4 Å². The molecule has 176 valence electrons. The van der Waals surface area contributed by atoms with Crippen LogP contribution in [-0.4, -0.2) is 34.1 Å². The van der Waals surface area contributed by atoms with Crippen molar-refractivity contribution in [1.82, 2.24) is 5.32 Å². The molecule has 0 aliphatic carbocycles. The van der Waals surface area contributed by atoms with E-state index in [2.05, 4.69) is 5.32 Å². The van der Waals surface area contributed by atoms with Crippen LogP contribution < -0.4 is 14.8 Å². The molecule has 3 aromatic rings. The summed E-state index contributed by atoms with van der Waals surface area (Å²) in [5.41, 5.74) is 0.492. The first kappa shape index (κ1) is 24.3. The number of furan rings is 1. The number of ether oxygens (including phenoxy) is 2. The van der Waals surface area contributed by atoms with Gasteiger partial charge >= 0.3 is 0 Å². The van der Waals surface area contributed by atoms with Crippen LogP contribution in [0.2, 0.25) is 0 Å². The van der Waals surface area contributed by atoms with E-state index in [0.29, 0.717) is 24.7 Å². The zero-order valence-electron chi connectivity index (χ0n) is 18.6. The van der Waals surface area contributed by atoms with E-state index in [1.54, 1.807) is 24.3 Å². The van der Waals surface area contributed by atoms with Gasteiger partial charge in [0.15, 0.2) is 21.3 Å². The monoisotopic (exact) mass is 475 g/mol. The Morgan fingerprint density at radius 2 is 1.79 bits per heavy atom. The van der Waals surface area contributed by atoms with Gasteiger partial charge in [-0.15, -0.1) is 0 Å². The summed E-state index contributed by atoms with van der Waals surface area (Å²) >= 11 is 0. The lowest BCUT2D eigenvalue weighted by atomic mass is 10.2. The largest absolute Gasteiger partial charge is 0.490 e. The van der Waals surface area contributed by atoms with Crippen LogP contribution in [0.15, 0.2) is 64.1 Å². The lowest BCUT2D eigenvalue weighted by Crippen LogP contribution is -2.31. The van der Waals surface area contributed by atoms with E-state index in [1.807, 2.05) is 13.8 Å². The fourth-order valence-corrected chi connectivity index (χ4v) is 4.95. The smallest absolute Gasteiger partial charge is 0.251 e. The number of hydrogen-bond acceptors (Lipinski definition) is 6. The summed E-state index contributed by atoms with van der Waals surface area (Å²) in [5.74, 6) is 0.111. The summed E-state index contributed by atoms with van der Waals surface area (Å²) in [7, 11) is -3.99. The van der Waals surface area contributed by atoms with Crippen LogP contribution in [0.5, 0.6) is 11.5 Å². The van der Waals surface area contributed by atoms with Crippen LogP contribution in [0, 0.1) is 12.7 Å². The number of carbonyl (C=O) groups excluding carboxylic acids is 1. The summed E-state index contributed by atoms with van der Waals surface area (Å²) in [6.07, 6.45) is 1.36. The van der Waals surface area contributed by atoms with Gasteiger partial charge in [-0.25, -0.2) is 12.8 Å². The SMILES string of the molecule is CCOc1ccc(C(=O)NC[C@@H](c2ccco2)S(=O)(=O)c2ccc(F)c(C)c2)cc1OCC. The van der Waals surface area contributed by atoms with E-state index >= 15 is 0 Å². The highest BCUT2D eigenvalue weighted by molar-refractivity contribution is 7.91. The Kier molecular flexibility index (Phi) is 7.75. The zero-order valence-corrected chi connectivity index (χ0v) is 19.4. The van der Waals surface area contributed by atoms with Gasteiger partial charge in [-0.1, -0.05) is 0 Å². The summed E-state index contributed by atoms with van der Waals surface area (Å²) in [4.78, 5) is 12.8. The van der Waals surface area contributed by atoms with Crippen LogP contribution in [0.3, 0.4) is 0 Å². The average molecular weight is 476 g/mol. The van der Waals surface area contributed by atoms with Crippen molar-refractivity contribution in [1.29, 1.82) is 0 Å². The Balaban J connectivity index is 1.86. The molecule has 0 unspecified atom stereocenters. The quantitative estimate of drug-likeness (QED) is 0.435. The van der Waals surface area contributed by atoms with Crippen LogP contribution in [0.4, 0.5) is 4.39 Å². The minimum atomic E-state index is -3.99. The highest BCUT2D eigenvalue weighted by Gasteiger charge is 2.32. The lowest BCUT2D eigenvalue weighted by molar-refractivity contribution is 0.0952. The first-order valence-electron chi connectivity index (χ1n) is 10.5. The second kappa shape index (κ2) is 10.5. The van der Waals surface area contributed by atoms with Crippen molar-refractivity contribution in [3.05, 3.63) is 77.5 Å². The van der Waals surface area contributed by atoms with E-state index in [4.69, 9.17) is 13.9 Å². The van der Waals surface area contributed by atoms with Crippen molar-refractivity contribution in [2.24, 2.45) is 0 Å². The molecule has 0 aliphatic rings. The minimum absolute atomic E-state index is 0.0586. The number of sulfone groups is 1. The Morgan fingerprint density at radius 1 is 1.06 bits per heavy atom. The van der Waals surface area contributed by atoms with Gasteiger partial charge in [-0.2, -0.15) is 0 Å². The van der Waals surface area contributed by atoms with Crippen LogP contribution >= 0.6 is 0 Å². The first-order chi connectivity index (χ1) is 15.8. The third kappa shape index (κ3) is 5.54. The van der Waals surface area contributed by atoms with E-state index in [-0.39, 0.29) is 28.3 Å². The van der Waals surface area contributed by atoms with Crippen LogP contribution in [0.1, 0.15) is 40.8 Å². The maximum atomic E-state index is 13.7. The number of hydrogen-bond donors (Lipinski definition) is 1. The molecule has 0 bridgehead atoms. The highest BCUT2D eigenvalue weighted by Crippen LogP contribution is 2.31. The molecule has 2 aromatic carbocycles. The van der Waals surface area contributed by atoms with Crippen LogP contribution in [-0.2, 0) is 9.84 Å². The van der Waals surface area contributed by atoms with E-state index < -0.39 is 26.8 Å². The van der Waals surface area contributed by atoms with Gasteiger partial charge in [0.1, 0.15) is 16.8 Å². The molecule has 0 spiro atoms. The fourth-order valence-electron chi connectivity index (χ4n) is 3.28. The minimum Gasteiger partial charge on any atom is -0.490 e. The lowest BCUT2D eigenvalue weighted by Gasteiger charge is -2.18. The third-order valence-electron chi connectivity index (χ3n) is 4.95. The molecule has 0 radical (unpaired) electrons. The molecule has 1 aromatic heterocycles. The standard InChI is InChI=1S/C24H26FNO6S/c1-4-30-20-11-8-17(14-22(20)31-5-2)24(27)26-15-23(21-7-6-12-32-21)33(28,29)18-9-10-19(25)16(3)13-18/h6-14,23H,4-5,15H2,1-3H3,(H,26,27)/t23-/m0/s1. The molecule has 7 nitrogen and oxygen atoms in total. The first-order valence-corrected chi connectivity index (χ1v) is 12.0. The number of aryl methyl sites for hydroxylation is 1. The Morgan fingerprint density at radius 3 is 2.42 bits per heavy atom. The predicted octanol–water partition coefficient (Wildman–Crippen LogP) is 4.47. The van der Waals surface area contributed by atoms with Gasteiger partial charge in [0.05, 0.1) is 24.4 Å². The summed E-state index contributed by atoms with van der Waals surface area (Å²) in [6.45, 7) is 5.73. The molecule has 1 heterocycles. The maximum absolute atomic E-state index is 13.7. The normalized spacial score (nSPS) is 12.2. The van der Waals surface area contributed by atoms with Gasteiger partial charge in [0.25, 0.3) is 5.91 Å². The molecule has 0 fully saturated rings. The molecule has 1 atom stereocenters. The number of halogens is 1. The second-order valence-corrected chi connectivity index (χ2v) is 9.33. The molecule has 33 heavy (non-hydrogen) atoms. The molecule has 1 N–H and O–H groups in total. The van der Waals surface area contributed by atoms with Crippen molar-refractivity contribution in [2.75, 3.05) is 19.8 Å². The molecule has 1 amide bonds. The molecular weight excluding hydrogens is 449 g/mol. The zero-order chi connectivity index (χ0) is 24.0. The second-order valence-electron chi connectivity index (χ2n) is 7.20. The van der Waals surface area contributed by atoms with E-state index in [0.717, 1.165) is 6.07 Å². The fraction of sp³-hybridized carbons (Fsp3) is 0.292. The van der Waals surface area contributed by atoms with Crippen molar-refractivity contribution < 1.29 is 31.5 Å². The van der Waals surface area contributed by atoms with Crippen molar-refractivity contribution in [2.45, 2.75) is 30.9 Å². The summed E-state index contributed by atoms with van der Waals surface area (Å²) in [5, 5.41) is 1.46. The van der Waals surface area contributed by atoms with Crippen LogP contribution in [0.25, 0.3) is 0 Å². The molecule has 0 saturated carbocycles. The van der Waals surface area contributed by atoms with Gasteiger partial charge in [0.2, 0.25) is 0 Å². The molecular formula is C24H26FNO6S. The number of benzene rings is 2. The number of amides is 1. The topological polar surface area (TPSA) is 94.8 Å². The molecule has 0 aliphatic heterocycles.